The number of amides is 1. The van der Waals surface area contributed by atoms with Gasteiger partial charge in [-0.3, -0.25) is 4.79 Å². The van der Waals surface area contributed by atoms with Gasteiger partial charge in [-0.2, -0.15) is 0 Å². The topological polar surface area (TPSA) is 149 Å². The first-order valence-corrected chi connectivity index (χ1v) is 20.4. The number of aliphatic hydroxyl groups excluding tert-OH is 5. The van der Waals surface area contributed by atoms with Crippen molar-refractivity contribution in [1.29, 1.82) is 0 Å². The fraction of sp³-hybridized carbons (Fsp3) is 0.786. The van der Waals surface area contributed by atoms with Crippen LogP contribution < -0.4 is 5.32 Å². The molecule has 1 aliphatic heterocycles. The van der Waals surface area contributed by atoms with E-state index in [1.165, 1.54) is 51.4 Å². The molecule has 9 heteroatoms. The molecule has 0 aromatic heterocycles. The Bertz CT molecular complexity index is 936. The zero-order valence-electron chi connectivity index (χ0n) is 32.1. The van der Waals surface area contributed by atoms with Crippen LogP contribution in [0, 0.1) is 0 Å². The molecule has 0 aliphatic carbocycles. The minimum atomic E-state index is -1.57. The molecule has 51 heavy (non-hydrogen) atoms. The summed E-state index contributed by atoms with van der Waals surface area (Å²) in [4.78, 5) is 12.9. The van der Waals surface area contributed by atoms with Crippen LogP contribution in [-0.4, -0.2) is 87.5 Å². The Hall–Kier alpha value is -1.85. The van der Waals surface area contributed by atoms with Gasteiger partial charge in [0.15, 0.2) is 6.29 Å². The van der Waals surface area contributed by atoms with Crippen LogP contribution in [0.1, 0.15) is 155 Å². The molecule has 0 saturated carbocycles. The van der Waals surface area contributed by atoms with E-state index in [9.17, 15) is 30.3 Å². The van der Waals surface area contributed by atoms with Gasteiger partial charge in [0.2, 0.25) is 5.91 Å². The number of carbonyl (C=O) groups excluding carboxylic acids is 1. The van der Waals surface area contributed by atoms with Crippen molar-refractivity contribution in [3.8, 4) is 0 Å². The molecular formula is C42H75NO8. The Balaban J connectivity index is 2.46. The van der Waals surface area contributed by atoms with Crippen molar-refractivity contribution in [1.82, 2.24) is 5.32 Å². The predicted molar refractivity (Wildman–Crippen MR) is 207 cm³/mol. The Labute approximate surface area is 310 Å². The van der Waals surface area contributed by atoms with Gasteiger partial charge in [0.25, 0.3) is 0 Å². The summed E-state index contributed by atoms with van der Waals surface area (Å²) in [6.45, 7) is 3.68. The second-order valence-electron chi connectivity index (χ2n) is 14.1. The van der Waals surface area contributed by atoms with E-state index in [4.69, 9.17) is 9.47 Å². The molecule has 0 spiro atoms. The number of ether oxygens (including phenoxy) is 2. The molecule has 0 bridgehead atoms. The van der Waals surface area contributed by atoms with Crippen LogP contribution in [0.5, 0.6) is 0 Å². The van der Waals surface area contributed by atoms with E-state index in [2.05, 4.69) is 55.6 Å². The van der Waals surface area contributed by atoms with E-state index in [-0.39, 0.29) is 12.5 Å². The molecule has 9 nitrogen and oxygen atoms in total. The molecule has 0 aromatic rings. The van der Waals surface area contributed by atoms with Gasteiger partial charge in [0.1, 0.15) is 24.4 Å². The quantitative estimate of drug-likeness (QED) is 0.0309. The van der Waals surface area contributed by atoms with Crippen LogP contribution in [0.3, 0.4) is 0 Å². The number of hydrogen-bond donors (Lipinski definition) is 6. The van der Waals surface area contributed by atoms with Crippen molar-refractivity contribution in [3.05, 3.63) is 48.6 Å². The molecule has 1 fully saturated rings. The van der Waals surface area contributed by atoms with Gasteiger partial charge >= 0.3 is 0 Å². The number of nitrogens with one attached hydrogen (secondary N) is 1. The molecule has 296 valence electrons. The fourth-order valence-electron chi connectivity index (χ4n) is 6.00. The van der Waals surface area contributed by atoms with E-state index in [0.717, 1.165) is 83.5 Å². The molecular weight excluding hydrogens is 646 g/mol. The van der Waals surface area contributed by atoms with E-state index >= 15 is 0 Å². The number of hydrogen-bond acceptors (Lipinski definition) is 8. The monoisotopic (exact) mass is 722 g/mol. The van der Waals surface area contributed by atoms with Crippen LogP contribution >= 0.6 is 0 Å². The Morgan fingerprint density at radius 3 is 1.76 bits per heavy atom. The smallest absolute Gasteiger partial charge is 0.220 e. The summed E-state index contributed by atoms with van der Waals surface area (Å²) in [7, 11) is 0. The van der Waals surface area contributed by atoms with Crippen molar-refractivity contribution in [3.63, 3.8) is 0 Å². The van der Waals surface area contributed by atoms with Gasteiger partial charge in [0, 0.05) is 6.42 Å². The van der Waals surface area contributed by atoms with E-state index in [0.29, 0.717) is 6.42 Å². The van der Waals surface area contributed by atoms with Gasteiger partial charge in [-0.25, -0.2) is 0 Å². The molecule has 0 radical (unpaired) electrons. The van der Waals surface area contributed by atoms with Crippen molar-refractivity contribution < 1.29 is 39.8 Å². The standard InChI is InChI=1S/C42H75NO8/c1-3-5-7-9-11-13-15-17-18-20-22-24-26-28-30-32-38(46)43-35(34-50-42-41(49)40(48)39(47)37(33-44)51-42)36(45)31-29-27-25-23-21-19-16-14-12-10-8-6-4-2/h11,13-14,16-18,29,31,35-37,39-42,44-45,47-49H,3-10,12,15,19-28,30,32-34H2,1-2H3,(H,43,46)/b13-11-,16-14+,18-17-,31-29+/t35-,36+,37?,39+,40?,41?,42+/m0/s1. The molecule has 1 rings (SSSR count). The lowest BCUT2D eigenvalue weighted by molar-refractivity contribution is -0.302. The maximum absolute atomic E-state index is 12.9. The van der Waals surface area contributed by atoms with Crippen molar-refractivity contribution in [2.75, 3.05) is 13.2 Å². The summed E-state index contributed by atoms with van der Waals surface area (Å²) in [5.74, 6) is -0.200. The van der Waals surface area contributed by atoms with Gasteiger partial charge < -0.3 is 40.3 Å². The number of unbranched alkanes of at least 4 members (excludes halogenated alkanes) is 16. The van der Waals surface area contributed by atoms with E-state index in [1.54, 1.807) is 6.08 Å². The lowest BCUT2D eigenvalue weighted by Crippen LogP contribution is -2.60. The zero-order valence-corrected chi connectivity index (χ0v) is 32.1. The molecule has 7 atom stereocenters. The average molecular weight is 722 g/mol. The molecule has 1 heterocycles. The Kier molecular flexibility index (Phi) is 30.3. The Morgan fingerprint density at radius 1 is 0.667 bits per heavy atom. The van der Waals surface area contributed by atoms with Crippen LogP contribution in [0.25, 0.3) is 0 Å². The van der Waals surface area contributed by atoms with Crippen molar-refractivity contribution >= 4 is 5.91 Å². The second kappa shape index (κ2) is 32.8. The van der Waals surface area contributed by atoms with E-state index in [1.807, 2.05) is 6.08 Å². The third-order valence-corrected chi connectivity index (χ3v) is 9.37. The van der Waals surface area contributed by atoms with Gasteiger partial charge in [-0.1, -0.05) is 120 Å². The first-order chi connectivity index (χ1) is 24.8. The highest BCUT2D eigenvalue weighted by Crippen LogP contribution is 2.22. The largest absolute Gasteiger partial charge is 0.394 e. The normalized spacial score (nSPS) is 22.5. The molecule has 1 amide bonds. The first kappa shape index (κ1) is 47.2. The third kappa shape index (κ3) is 24.2. The summed E-state index contributed by atoms with van der Waals surface area (Å²) in [5.41, 5.74) is 0. The summed E-state index contributed by atoms with van der Waals surface area (Å²) in [5, 5.41) is 53.9. The SMILES string of the molecule is CCCCC/C=C\C/C=C\CCCCCCCC(=O)N[C@@H](CO[C@@H]1OC(CO)[C@@H](O)C(O)C1O)[C@H](O)/C=C/CCCCC/C=C/CCCCCC. The van der Waals surface area contributed by atoms with Crippen LogP contribution in [0.4, 0.5) is 0 Å². The van der Waals surface area contributed by atoms with Crippen LogP contribution in [0.15, 0.2) is 48.6 Å². The molecule has 6 N–H and O–H groups in total. The minimum absolute atomic E-state index is 0.200. The molecule has 3 unspecified atom stereocenters. The highest BCUT2D eigenvalue weighted by atomic mass is 16.7. The summed E-state index contributed by atoms with van der Waals surface area (Å²) < 4.78 is 11.2. The molecule has 0 aromatic carbocycles. The van der Waals surface area contributed by atoms with Crippen molar-refractivity contribution in [2.24, 2.45) is 0 Å². The molecule has 1 saturated heterocycles. The first-order valence-electron chi connectivity index (χ1n) is 20.4. The highest BCUT2D eigenvalue weighted by molar-refractivity contribution is 5.76. The number of carbonyl (C=O) groups is 1. The lowest BCUT2D eigenvalue weighted by atomic mass is 9.99. The van der Waals surface area contributed by atoms with Crippen molar-refractivity contribution in [2.45, 2.75) is 198 Å². The number of allylic oxidation sites excluding steroid dienone is 7. The number of aliphatic hydroxyl groups is 5. The summed E-state index contributed by atoms with van der Waals surface area (Å²) in [6, 6.07) is -0.818. The highest BCUT2D eigenvalue weighted by Gasteiger charge is 2.44. The fourth-order valence-corrected chi connectivity index (χ4v) is 6.00. The van der Waals surface area contributed by atoms with Gasteiger partial charge in [0.05, 0.1) is 25.4 Å². The minimum Gasteiger partial charge on any atom is -0.394 e. The predicted octanol–water partition coefficient (Wildman–Crippen LogP) is 7.50. The summed E-state index contributed by atoms with van der Waals surface area (Å²) >= 11 is 0. The second-order valence-corrected chi connectivity index (χ2v) is 14.1. The van der Waals surface area contributed by atoms with Gasteiger partial charge in [-0.15, -0.1) is 0 Å². The molecule has 1 aliphatic rings. The average Bonchev–Trinajstić information content (AvgIpc) is 3.13. The van der Waals surface area contributed by atoms with Crippen LogP contribution in [0.2, 0.25) is 0 Å². The third-order valence-electron chi connectivity index (χ3n) is 9.37. The number of rotatable bonds is 32. The summed E-state index contributed by atoms with van der Waals surface area (Å²) in [6.07, 6.45) is 32.9. The Morgan fingerprint density at radius 2 is 1.16 bits per heavy atom. The maximum Gasteiger partial charge on any atom is 0.220 e. The lowest BCUT2D eigenvalue weighted by Gasteiger charge is -2.40. The zero-order chi connectivity index (χ0) is 37.4. The van der Waals surface area contributed by atoms with Gasteiger partial charge in [-0.05, 0) is 77.0 Å². The van der Waals surface area contributed by atoms with E-state index < -0.39 is 49.5 Å². The maximum atomic E-state index is 12.9. The van der Waals surface area contributed by atoms with Crippen LogP contribution in [-0.2, 0) is 14.3 Å².